The Bertz CT molecular complexity index is 1290. The Labute approximate surface area is 190 Å². The van der Waals surface area contributed by atoms with E-state index in [4.69, 9.17) is 0 Å². The van der Waals surface area contributed by atoms with Gasteiger partial charge >= 0.3 is 0 Å². The van der Waals surface area contributed by atoms with Crippen LogP contribution in [0.15, 0.2) is 54.1 Å². The molecule has 170 valence electrons. The minimum atomic E-state index is -0.795. The van der Waals surface area contributed by atoms with Crippen LogP contribution in [0.3, 0.4) is 0 Å². The summed E-state index contributed by atoms with van der Waals surface area (Å²) >= 11 is 0. The van der Waals surface area contributed by atoms with Gasteiger partial charge in [-0.3, -0.25) is 19.7 Å². The number of aliphatic hydroxyl groups excluding tert-OH is 1. The molecular formula is C24H24N4O5. The first-order chi connectivity index (χ1) is 15.7. The summed E-state index contributed by atoms with van der Waals surface area (Å²) in [5.41, 5.74) is 2.45. The number of non-ortho nitro benzene ring substituents is 1. The van der Waals surface area contributed by atoms with Crippen LogP contribution in [0.25, 0.3) is 16.7 Å². The van der Waals surface area contributed by atoms with E-state index in [9.17, 15) is 24.8 Å². The topological polar surface area (TPSA) is 120 Å². The van der Waals surface area contributed by atoms with Gasteiger partial charge in [-0.1, -0.05) is 18.2 Å². The lowest BCUT2D eigenvalue weighted by Gasteiger charge is -2.27. The quantitative estimate of drug-likeness (QED) is 0.196. The second-order valence-corrected chi connectivity index (χ2v) is 8.31. The van der Waals surface area contributed by atoms with Gasteiger partial charge in [0.05, 0.1) is 16.5 Å². The summed E-state index contributed by atoms with van der Waals surface area (Å²) in [5, 5.41) is 23.0. The highest BCUT2D eigenvalue weighted by Gasteiger charge is 2.47. The molecule has 1 saturated heterocycles. The third kappa shape index (κ3) is 3.87. The number of aromatic nitrogens is 1. The van der Waals surface area contributed by atoms with E-state index in [1.165, 1.54) is 29.2 Å². The molecule has 33 heavy (non-hydrogen) atoms. The van der Waals surface area contributed by atoms with Crippen LogP contribution in [0.5, 0.6) is 0 Å². The number of amides is 1. The van der Waals surface area contributed by atoms with E-state index in [2.05, 4.69) is 4.98 Å². The molecule has 0 bridgehead atoms. The molecule has 3 aromatic rings. The van der Waals surface area contributed by atoms with Crippen LogP contribution in [0, 0.1) is 17.0 Å². The smallest absolute Gasteiger partial charge is 0.295 e. The Morgan fingerprint density at radius 3 is 2.45 bits per heavy atom. The highest BCUT2D eigenvalue weighted by molar-refractivity contribution is 6.46. The summed E-state index contributed by atoms with van der Waals surface area (Å²) in [7, 11) is 3.75. The number of carbonyl (C=O) groups excluding carboxylic acids is 2. The molecule has 2 aromatic carbocycles. The molecule has 9 heteroatoms. The fourth-order valence-electron chi connectivity index (χ4n) is 4.27. The summed E-state index contributed by atoms with van der Waals surface area (Å²) in [6.07, 6.45) is 0. The number of likely N-dealkylation sites (tertiary alicyclic amines) is 1. The Kier molecular flexibility index (Phi) is 5.73. The Morgan fingerprint density at radius 1 is 1.15 bits per heavy atom. The summed E-state index contributed by atoms with van der Waals surface area (Å²) in [5.74, 6) is -1.82. The number of nitro groups is 1. The molecule has 2 heterocycles. The van der Waals surface area contributed by atoms with Crippen LogP contribution >= 0.6 is 0 Å². The van der Waals surface area contributed by atoms with Gasteiger partial charge in [0, 0.05) is 52.9 Å². The van der Waals surface area contributed by atoms with Gasteiger partial charge < -0.3 is 19.9 Å². The number of nitrogens with zero attached hydrogens (tertiary/aromatic N) is 3. The number of fused-ring (bicyclic) bond motifs is 1. The normalized spacial score (nSPS) is 17.9. The zero-order valence-electron chi connectivity index (χ0n) is 18.5. The number of aliphatic hydroxyl groups is 1. The fraction of sp³-hybridized carbons (Fsp3) is 0.250. The molecule has 1 aliphatic rings. The molecular weight excluding hydrogens is 424 g/mol. The number of hydrogen-bond acceptors (Lipinski definition) is 6. The maximum absolute atomic E-state index is 13.2. The number of ketones is 1. The molecule has 0 aliphatic carbocycles. The number of H-pyrrole nitrogens is 1. The van der Waals surface area contributed by atoms with E-state index in [1.807, 2.05) is 50.2 Å². The van der Waals surface area contributed by atoms with E-state index in [0.717, 1.165) is 22.2 Å². The number of nitro benzene ring substituents is 1. The molecule has 9 nitrogen and oxygen atoms in total. The minimum absolute atomic E-state index is 0.0273. The number of hydrogen-bond donors (Lipinski definition) is 2. The van der Waals surface area contributed by atoms with Crippen molar-refractivity contribution in [3.8, 4) is 0 Å². The van der Waals surface area contributed by atoms with Crippen LogP contribution in [0.1, 0.15) is 22.9 Å². The molecule has 1 unspecified atom stereocenters. The van der Waals surface area contributed by atoms with Gasteiger partial charge in [0.15, 0.2) is 0 Å². The van der Waals surface area contributed by atoms with Gasteiger partial charge in [0.2, 0.25) is 0 Å². The van der Waals surface area contributed by atoms with Crippen molar-refractivity contribution in [2.75, 3.05) is 27.2 Å². The lowest BCUT2D eigenvalue weighted by atomic mass is 9.93. The summed E-state index contributed by atoms with van der Waals surface area (Å²) in [6.45, 7) is 2.69. The molecule has 1 aliphatic heterocycles. The van der Waals surface area contributed by atoms with E-state index in [-0.39, 0.29) is 29.1 Å². The first-order valence-electron chi connectivity index (χ1n) is 10.5. The molecule has 1 fully saturated rings. The van der Waals surface area contributed by atoms with E-state index >= 15 is 0 Å². The van der Waals surface area contributed by atoms with Crippen molar-refractivity contribution >= 4 is 34.0 Å². The average Bonchev–Trinajstić information content (AvgIpc) is 3.24. The summed E-state index contributed by atoms with van der Waals surface area (Å²) < 4.78 is 0. The predicted molar refractivity (Wildman–Crippen MR) is 124 cm³/mol. The van der Waals surface area contributed by atoms with Crippen molar-refractivity contribution in [3.63, 3.8) is 0 Å². The van der Waals surface area contributed by atoms with Crippen molar-refractivity contribution in [1.29, 1.82) is 0 Å². The highest BCUT2D eigenvalue weighted by atomic mass is 16.6. The predicted octanol–water partition coefficient (Wildman–Crippen LogP) is 3.37. The van der Waals surface area contributed by atoms with E-state index in [1.54, 1.807) is 0 Å². The molecule has 1 amide bonds. The second kappa shape index (κ2) is 8.51. The number of aryl methyl sites for hydroxylation is 1. The number of benzene rings is 2. The zero-order valence-corrected chi connectivity index (χ0v) is 18.5. The number of nitrogens with one attached hydrogen (secondary N) is 1. The van der Waals surface area contributed by atoms with Crippen molar-refractivity contribution in [2.24, 2.45) is 0 Å². The molecule has 2 N–H and O–H groups in total. The number of carbonyl (C=O) groups is 2. The summed E-state index contributed by atoms with van der Waals surface area (Å²) in [6, 6.07) is 12.0. The lowest BCUT2D eigenvalue weighted by molar-refractivity contribution is -0.384. The monoisotopic (exact) mass is 448 g/mol. The van der Waals surface area contributed by atoms with E-state index in [0.29, 0.717) is 6.54 Å². The van der Waals surface area contributed by atoms with Gasteiger partial charge in [-0.05, 0) is 39.2 Å². The molecule has 4 rings (SSSR count). The van der Waals surface area contributed by atoms with Crippen LogP contribution in [0.4, 0.5) is 5.69 Å². The Balaban J connectivity index is 1.92. The van der Waals surface area contributed by atoms with Gasteiger partial charge in [0.1, 0.15) is 5.76 Å². The fourth-order valence-corrected chi connectivity index (χ4v) is 4.27. The van der Waals surface area contributed by atoms with Crippen molar-refractivity contribution < 1.29 is 19.6 Å². The van der Waals surface area contributed by atoms with Crippen LogP contribution in [-0.2, 0) is 9.59 Å². The van der Waals surface area contributed by atoms with Gasteiger partial charge in [0.25, 0.3) is 17.4 Å². The minimum Gasteiger partial charge on any atom is -0.507 e. The number of Topliss-reactive ketones (excluding diaryl/α,β-unsaturated/α-hetero) is 1. The van der Waals surface area contributed by atoms with Crippen molar-refractivity contribution in [2.45, 2.75) is 13.0 Å². The first-order valence-corrected chi connectivity index (χ1v) is 10.5. The van der Waals surface area contributed by atoms with Crippen LogP contribution in [0.2, 0.25) is 0 Å². The third-order valence-corrected chi connectivity index (χ3v) is 5.90. The lowest BCUT2D eigenvalue weighted by Crippen LogP contribution is -2.35. The first kappa shape index (κ1) is 22.2. The number of para-hydroxylation sites is 1. The Morgan fingerprint density at radius 2 is 1.82 bits per heavy atom. The average molecular weight is 448 g/mol. The Hall–Kier alpha value is -3.98. The third-order valence-electron chi connectivity index (χ3n) is 5.90. The van der Waals surface area contributed by atoms with Crippen LogP contribution in [-0.4, -0.2) is 63.7 Å². The standard InChI is InChI=1S/C24H24N4O5/c1-14-19(17-6-4-5-7-18(17)25-14)21-20(23(30)24(31)27(21)13-12-26(2)3)22(29)15-8-10-16(11-9-15)28(32)33/h4-11,21,25,29H,12-13H2,1-3H3/b22-20+. The van der Waals surface area contributed by atoms with E-state index < -0.39 is 22.7 Å². The molecule has 1 aromatic heterocycles. The van der Waals surface area contributed by atoms with Gasteiger partial charge in [-0.25, -0.2) is 0 Å². The molecule has 1 atom stereocenters. The number of rotatable bonds is 6. The molecule has 0 radical (unpaired) electrons. The van der Waals surface area contributed by atoms with Crippen LogP contribution < -0.4 is 0 Å². The molecule has 0 spiro atoms. The maximum Gasteiger partial charge on any atom is 0.295 e. The highest BCUT2D eigenvalue weighted by Crippen LogP contribution is 2.43. The van der Waals surface area contributed by atoms with Crippen molar-refractivity contribution in [1.82, 2.24) is 14.8 Å². The largest absolute Gasteiger partial charge is 0.507 e. The molecule has 0 saturated carbocycles. The summed E-state index contributed by atoms with van der Waals surface area (Å²) in [4.78, 5) is 43.4. The number of aromatic amines is 1. The van der Waals surface area contributed by atoms with Gasteiger partial charge in [-0.2, -0.15) is 0 Å². The van der Waals surface area contributed by atoms with Crippen molar-refractivity contribution in [3.05, 3.63) is 81.0 Å². The maximum atomic E-state index is 13.2. The second-order valence-electron chi connectivity index (χ2n) is 8.31. The van der Waals surface area contributed by atoms with Gasteiger partial charge in [-0.15, -0.1) is 0 Å². The zero-order chi connectivity index (χ0) is 23.9. The SMILES string of the molecule is Cc1[nH]c2ccccc2c1C1/C(=C(\O)c2ccc([N+](=O)[O-])cc2)C(=O)C(=O)N1CCN(C)C. The number of likely N-dealkylation sites (N-methyl/N-ethyl adjacent to an activating group) is 1.